The van der Waals surface area contributed by atoms with Crippen molar-refractivity contribution in [3.63, 3.8) is 0 Å². The standard InChI is InChI=1S/C11H18N4.CH4/c1-9-7-11(12)13-8-10(9)15-5-3-14(2)4-6-15;/h7-8H,3-6H2,1-2H3,(H2,12,13);1H4. The van der Waals surface area contributed by atoms with Crippen LogP contribution in [-0.2, 0) is 0 Å². The van der Waals surface area contributed by atoms with Crippen LogP contribution in [0.15, 0.2) is 12.3 Å². The van der Waals surface area contributed by atoms with E-state index in [1.54, 1.807) is 0 Å². The molecule has 0 bridgehead atoms. The highest BCUT2D eigenvalue weighted by Crippen LogP contribution is 2.21. The van der Waals surface area contributed by atoms with Crippen LogP contribution in [0.1, 0.15) is 13.0 Å². The third-order valence-electron chi connectivity index (χ3n) is 2.95. The van der Waals surface area contributed by atoms with Gasteiger partial charge < -0.3 is 15.5 Å². The second-order valence-corrected chi connectivity index (χ2v) is 4.19. The molecule has 0 unspecified atom stereocenters. The highest BCUT2D eigenvalue weighted by Gasteiger charge is 2.15. The van der Waals surface area contributed by atoms with E-state index in [-0.39, 0.29) is 7.43 Å². The molecule has 0 spiro atoms. The minimum Gasteiger partial charge on any atom is -0.384 e. The van der Waals surface area contributed by atoms with Gasteiger partial charge in [-0.05, 0) is 25.6 Å². The van der Waals surface area contributed by atoms with Gasteiger partial charge in [0.2, 0.25) is 0 Å². The first-order valence-corrected chi connectivity index (χ1v) is 5.32. The number of hydrogen-bond donors (Lipinski definition) is 1. The number of hydrogen-bond acceptors (Lipinski definition) is 4. The lowest BCUT2D eigenvalue weighted by Crippen LogP contribution is -2.44. The Kier molecular flexibility index (Phi) is 4.12. The van der Waals surface area contributed by atoms with E-state index >= 15 is 0 Å². The van der Waals surface area contributed by atoms with E-state index in [0.29, 0.717) is 5.82 Å². The van der Waals surface area contributed by atoms with E-state index in [1.165, 1.54) is 11.3 Å². The first-order valence-electron chi connectivity index (χ1n) is 5.32. The number of nitrogen functional groups attached to an aromatic ring is 1. The van der Waals surface area contributed by atoms with Crippen molar-refractivity contribution in [3.8, 4) is 0 Å². The molecule has 1 aromatic heterocycles. The van der Waals surface area contributed by atoms with Crippen LogP contribution in [0.4, 0.5) is 11.5 Å². The number of piperazine rings is 1. The number of nitrogens with zero attached hydrogens (tertiary/aromatic N) is 3. The van der Waals surface area contributed by atoms with E-state index in [9.17, 15) is 0 Å². The Balaban J connectivity index is 0.00000128. The molecule has 1 aliphatic rings. The van der Waals surface area contributed by atoms with Crippen molar-refractivity contribution >= 4 is 11.5 Å². The minimum atomic E-state index is 0. The first kappa shape index (κ1) is 12.8. The fraction of sp³-hybridized carbons (Fsp3) is 0.583. The summed E-state index contributed by atoms with van der Waals surface area (Å²) in [5, 5.41) is 0. The quantitative estimate of drug-likeness (QED) is 0.779. The van der Waals surface area contributed by atoms with Crippen molar-refractivity contribution in [2.45, 2.75) is 14.4 Å². The smallest absolute Gasteiger partial charge is 0.123 e. The summed E-state index contributed by atoms with van der Waals surface area (Å²) in [6.07, 6.45) is 1.88. The second-order valence-electron chi connectivity index (χ2n) is 4.19. The minimum absolute atomic E-state index is 0. The molecule has 1 saturated heterocycles. The molecular weight excluding hydrogens is 200 g/mol. The van der Waals surface area contributed by atoms with Crippen LogP contribution in [-0.4, -0.2) is 43.1 Å². The largest absolute Gasteiger partial charge is 0.384 e. The maximum Gasteiger partial charge on any atom is 0.123 e. The average molecular weight is 222 g/mol. The summed E-state index contributed by atoms with van der Waals surface area (Å²) in [6.45, 7) is 6.46. The number of aryl methyl sites for hydroxylation is 1. The molecule has 2 rings (SSSR count). The van der Waals surface area contributed by atoms with Crippen LogP contribution in [0.25, 0.3) is 0 Å². The Morgan fingerprint density at radius 1 is 1.25 bits per heavy atom. The fourth-order valence-corrected chi connectivity index (χ4v) is 1.95. The molecule has 90 valence electrons. The molecular formula is C12H22N4. The number of rotatable bonds is 1. The van der Waals surface area contributed by atoms with Gasteiger partial charge in [-0.1, -0.05) is 7.43 Å². The van der Waals surface area contributed by atoms with Gasteiger partial charge in [0.05, 0.1) is 11.9 Å². The Bertz CT molecular complexity index is 343. The molecule has 1 aliphatic heterocycles. The van der Waals surface area contributed by atoms with Crippen LogP contribution in [0.3, 0.4) is 0 Å². The molecule has 1 fully saturated rings. The van der Waals surface area contributed by atoms with Gasteiger partial charge >= 0.3 is 0 Å². The van der Waals surface area contributed by atoms with Gasteiger partial charge in [0.25, 0.3) is 0 Å². The number of likely N-dealkylation sites (N-methyl/N-ethyl adjacent to an activating group) is 1. The fourth-order valence-electron chi connectivity index (χ4n) is 1.95. The zero-order valence-corrected chi connectivity index (χ0v) is 9.40. The highest BCUT2D eigenvalue weighted by molar-refractivity contribution is 5.55. The molecule has 1 aromatic rings. The molecule has 0 radical (unpaired) electrons. The van der Waals surface area contributed by atoms with Crippen molar-refractivity contribution in [1.29, 1.82) is 0 Å². The molecule has 0 aliphatic carbocycles. The number of pyridine rings is 1. The molecule has 16 heavy (non-hydrogen) atoms. The Hall–Kier alpha value is -1.29. The van der Waals surface area contributed by atoms with E-state index < -0.39 is 0 Å². The Labute approximate surface area is 98.1 Å². The zero-order valence-electron chi connectivity index (χ0n) is 9.40. The van der Waals surface area contributed by atoms with Crippen LogP contribution >= 0.6 is 0 Å². The van der Waals surface area contributed by atoms with E-state index in [0.717, 1.165) is 26.2 Å². The van der Waals surface area contributed by atoms with E-state index in [2.05, 4.69) is 28.8 Å². The maximum absolute atomic E-state index is 5.64. The third kappa shape index (κ3) is 2.64. The van der Waals surface area contributed by atoms with E-state index in [1.807, 2.05) is 12.3 Å². The molecule has 4 nitrogen and oxygen atoms in total. The summed E-state index contributed by atoms with van der Waals surface area (Å²) in [5.41, 5.74) is 8.08. The summed E-state index contributed by atoms with van der Waals surface area (Å²) >= 11 is 0. The summed E-state index contributed by atoms with van der Waals surface area (Å²) in [4.78, 5) is 8.88. The van der Waals surface area contributed by atoms with Crippen molar-refractivity contribution in [3.05, 3.63) is 17.8 Å². The van der Waals surface area contributed by atoms with Crippen LogP contribution in [0.2, 0.25) is 0 Å². The first-order chi connectivity index (χ1) is 7.16. The van der Waals surface area contributed by atoms with Crippen LogP contribution in [0.5, 0.6) is 0 Å². The van der Waals surface area contributed by atoms with Crippen molar-refractivity contribution < 1.29 is 0 Å². The predicted molar refractivity (Wildman–Crippen MR) is 69.8 cm³/mol. The number of nitrogens with two attached hydrogens (primary N) is 1. The summed E-state index contributed by atoms with van der Waals surface area (Å²) in [6, 6.07) is 1.94. The molecule has 2 N–H and O–H groups in total. The summed E-state index contributed by atoms with van der Waals surface area (Å²) in [7, 11) is 2.16. The van der Waals surface area contributed by atoms with Gasteiger partial charge in [-0.3, -0.25) is 0 Å². The number of anilines is 2. The lowest BCUT2D eigenvalue weighted by atomic mass is 10.2. The third-order valence-corrected chi connectivity index (χ3v) is 2.95. The lowest BCUT2D eigenvalue weighted by molar-refractivity contribution is 0.312. The molecule has 2 heterocycles. The average Bonchev–Trinajstić information content (AvgIpc) is 2.20. The van der Waals surface area contributed by atoms with Gasteiger partial charge in [0, 0.05) is 26.2 Å². The van der Waals surface area contributed by atoms with Crippen molar-refractivity contribution in [1.82, 2.24) is 9.88 Å². The van der Waals surface area contributed by atoms with Gasteiger partial charge in [-0.2, -0.15) is 0 Å². The Morgan fingerprint density at radius 2 is 1.88 bits per heavy atom. The SMILES string of the molecule is C.Cc1cc(N)ncc1N1CCN(C)CC1. The van der Waals surface area contributed by atoms with Crippen molar-refractivity contribution in [2.24, 2.45) is 0 Å². The molecule has 4 heteroatoms. The molecule has 0 amide bonds. The lowest BCUT2D eigenvalue weighted by Gasteiger charge is -2.34. The zero-order chi connectivity index (χ0) is 10.8. The second kappa shape index (κ2) is 5.16. The highest BCUT2D eigenvalue weighted by atomic mass is 15.2. The van der Waals surface area contributed by atoms with Crippen LogP contribution in [0, 0.1) is 6.92 Å². The van der Waals surface area contributed by atoms with Crippen LogP contribution < -0.4 is 10.6 Å². The van der Waals surface area contributed by atoms with Crippen molar-refractivity contribution in [2.75, 3.05) is 43.9 Å². The molecule has 0 saturated carbocycles. The van der Waals surface area contributed by atoms with Gasteiger partial charge in [0.15, 0.2) is 0 Å². The van der Waals surface area contributed by atoms with E-state index in [4.69, 9.17) is 5.73 Å². The number of aromatic nitrogens is 1. The molecule has 0 aromatic carbocycles. The Morgan fingerprint density at radius 3 is 2.44 bits per heavy atom. The normalized spacial score (nSPS) is 17.0. The molecule has 0 atom stereocenters. The summed E-state index contributed by atoms with van der Waals surface area (Å²) in [5.74, 6) is 0.602. The predicted octanol–water partition coefficient (Wildman–Crippen LogP) is 1.36. The summed E-state index contributed by atoms with van der Waals surface area (Å²) < 4.78 is 0. The monoisotopic (exact) mass is 222 g/mol. The maximum atomic E-state index is 5.64. The van der Waals surface area contributed by atoms with Gasteiger partial charge in [-0.15, -0.1) is 0 Å². The van der Waals surface area contributed by atoms with Gasteiger partial charge in [0.1, 0.15) is 5.82 Å². The topological polar surface area (TPSA) is 45.4 Å². The van der Waals surface area contributed by atoms with Gasteiger partial charge in [-0.25, -0.2) is 4.98 Å².